The molecule has 18 heavy (non-hydrogen) atoms. The quantitative estimate of drug-likeness (QED) is 0.384. The number of urea groups is 1. The van der Waals surface area contributed by atoms with E-state index in [2.05, 4.69) is 10.6 Å². The van der Waals surface area contributed by atoms with Crippen molar-refractivity contribution in [1.82, 2.24) is 10.6 Å². The van der Waals surface area contributed by atoms with Crippen LogP contribution in [0.3, 0.4) is 0 Å². The van der Waals surface area contributed by atoms with Crippen LogP contribution in [0.5, 0.6) is 0 Å². The smallest absolute Gasteiger partial charge is 0.326 e. The molecule has 0 bridgehead atoms. The molecule has 1 unspecified atom stereocenters. The van der Waals surface area contributed by atoms with Crippen LogP contribution in [-0.4, -0.2) is 46.8 Å². The lowest BCUT2D eigenvalue weighted by Gasteiger charge is -2.22. The largest absolute Gasteiger partial charge is 0.480 e. The van der Waals surface area contributed by atoms with Gasteiger partial charge in [-0.1, -0.05) is 13.8 Å². The van der Waals surface area contributed by atoms with Crippen molar-refractivity contribution in [3.05, 3.63) is 0 Å². The van der Waals surface area contributed by atoms with Gasteiger partial charge in [-0.25, -0.2) is 9.59 Å². The fourth-order valence-electron chi connectivity index (χ4n) is 1.34. The predicted octanol–water partition coefficient (Wildman–Crippen LogP) is -1.37. The van der Waals surface area contributed by atoms with Gasteiger partial charge in [0.05, 0.1) is 0 Å². The fourth-order valence-corrected chi connectivity index (χ4v) is 1.34. The van der Waals surface area contributed by atoms with Gasteiger partial charge in [0.25, 0.3) is 0 Å². The topological polar surface area (TPSA) is 142 Å². The van der Waals surface area contributed by atoms with E-state index in [-0.39, 0.29) is 18.9 Å². The fraction of sp³-hybridized carbons (Fsp3) is 0.700. The molecule has 0 fully saturated rings. The van der Waals surface area contributed by atoms with Gasteiger partial charge in [0.15, 0.2) is 0 Å². The van der Waals surface area contributed by atoms with Gasteiger partial charge in [-0.2, -0.15) is 0 Å². The van der Waals surface area contributed by atoms with E-state index in [1.54, 1.807) is 13.8 Å². The number of carbonyl (C=O) groups excluding carboxylic acids is 2. The zero-order chi connectivity index (χ0) is 14.3. The number of rotatable bonds is 7. The minimum Gasteiger partial charge on any atom is -0.480 e. The molecule has 3 amide bonds. The standard InChI is InChI=1S/C10H19N3O5/c1-5(2)7(13-10(11)18)8(15)12-6(3-4-14)9(16)17/h5-7,14H,3-4H2,1-2H3,(H,12,15)(H,16,17)(H3,11,13,18)/t6-,7?/m0/s1. The van der Waals surface area contributed by atoms with E-state index in [0.717, 1.165) is 0 Å². The Morgan fingerprint density at radius 2 is 1.78 bits per heavy atom. The van der Waals surface area contributed by atoms with Crippen molar-refractivity contribution in [3.63, 3.8) is 0 Å². The molecule has 104 valence electrons. The summed E-state index contributed by atoms with van der Waals surface area (Å²) in [6.07, 6.45) is -0.109. The summed E-state index contributed by atoms with van der Waals surface area (Å²) in [5, 5.41) is 22.0. The van der Waals surface area contributed by atoms with E-state index < -0.39 is 30.0 Å². The Morgan fingerprint density at radius 3 is 2.11 bits per heavy atom. The SMILES string of the molecule is CC(C)C(NC(N)=O)C(=O)N[C@@H](CCO)C(=O)O. The maximum Gasteiger partial charge on any atom is 0.326 e. The lowest BCUT2D eigenvalue weighted by atomic mass is 10.0. The number of amides is 3. The molecule has 0 aliphatic rings. The average Bonchev–Trinajstić information content (AvgIpc) is 2.24. The minimum atomic E-state index is -1.25. The molecular formula is C10H19N3O5. The van der Waals surface area contributed by atoms with E-state index >= 15 is 0 Å². The van der Waals surface area contributed by atoms with E-state index in [1.165, 1.54) is 0 Å². The number of primary amides is 1. The second-order valence-electron chi connectivity index (χ2n) is 4.14. The third kappa shape index (κ3) is 5.48. The third-order valence-corrected chi connectivity index (χ3v) is 2.28. The zero-order valence-corrected chi connectivity index (χ0v) is 10.3. The molecular weight excluding hydrogens is 242 g/mol. The molecule has 8 nitrogen and oxygen atoms in total. The highest BCUT2D eigenvalue weighted by atomic mass is 16.4. The van der Waals surface area contributed by atoms with Gasteiger partial charge in [-0.05, 0) is 5.92 Å². The number of aliphatic hydroxyl groups excluding tert-OH is 1. The molecule has 0 aromatic heterocycles. The highest BCUT2D eigenvalue weighted by Crippen LogP contribution is 2.03. The van der Waals surface area contributed by atoms with Gasteiger partial charge < -0.3 is 26.6 Å². The lowest BCUT2D eigenvalue weighted by Crippen LogP contribution is -2.54. The Labute approximate surface area is 105 Å². The number of carbonyl (C=O) groups is 3. The number of carboxylic acids is 1. The number of nitrogens with two attached hydrogens (primary N) is 1. The number of carboxylic acid groups (broad SMARTS) is 1. The second-order valence-corrected chi connectivity index (χ2v) is 4.14. The van der Waals surface area contributed by atoms with Gasteiger partial charge in [-0.15, -0.1) is 0 Å². The summed E-state index contributed by atoms with van der Waals surface area (Å²) in [6.45, 7) is 3.00. The van der Waals surface area contributed by atoms with Crippen LogP contribution in [0.25, 0.3) is 0 Å². The minimum absolute atomic E-state index is 0.109. The van der Waals surface area contributed by atoms with E-state index in [0.29, 0.717) is 0 Å². The van der Waals surface area contributed by atoms with Crippen molar-refractivity contribution in [2.24, 2.45) is 11.7 Å². The molecule has 0 heterocycles. The molecule has 0 aliphatic heterocycles. The summed E-state index contributed by atoms with van der Waals surface area (Å²) in [5.74, 6) is -2.15. The van der Waals surface area contributed by atoms with Crippen molar-refractivity contribution in [1.29, 1.82) is 0 Å². The monoisotopic (exact) mass is 261 g/mol. The van der Waals surface area contributed by atoms with Crippen LogP contribution in [0.2, 0.25) is 0 Å². The summed E-state index contributed by atoms with van der Waals surface area (Å²) in [4.78, 5) is 33.3. The number of hydrogen-bond acceptors (Lipinski definition) is 4. The summed E-state index contributed by atoms with van der Waals surface area (Å²) < 4.78 is 0. The van der Waals surface area contributed by atoms with Gasteiger partial charge in [0, 0.05) is 13.0 Å². The normalized spacial score (nSPS) is 13.8. The number of aliphatic carboxylic acids is 1. The van der Waals surface area contributed by atoms with Crippen LogP contribution < -0.4 is 16.4 Å². The molecule has 0 aliphatic carbocycles. The zero-order valence-electron chi connectivity index (χ0n) is 10.3. The van der Waals surface area contributed by atoms with Crippen LogP contribution in [0.4, 0.5) is 4.79 Å². The lowest BCUT2D eigenvalue weighted by molar-refractivity contribution is -0.142. The van der Waals surface area contributed by atoms with Crippen molar-refractivity contribution in [3.8, 4) is 0 Å². The molecule has 8 heteroatoms. The second kappa shape index (κ2) is 7.49. The predicted molar refractivity (Wildman–Crippen MR) is 62.6 cm³/mol. The van der Waals surface area contributed by atoms with E-state index in [4.69, 9.17) is 15.9 Å². The maximum atomic E-state index is 11.8. The van der Waals surface area contributed by atoms with Crippen molar-refractivity contribution in [2.45, 2.75) is 32.4 Å². The van der Waals surface area contributed by atoms with Gasteiger partial charge in [0.2, 0.25) is 5.91 Å². The Morgan fingerprint density at radius 1 is 1.22 bits per heavy atom. The molecule has 0 saturated carbocycles. The first kappa shape index (κ1) is 16.2. The van der Waals surface area contributed by atoms with Crippen LogP contribution in [0.1, 0.15) is 20.3 Å². The van der Waals surface area contributed by atoms with Crippen molar-refractivity contribution >= 4 is 17.9 Å². The molecule has 0 aromatic carbocycles. The highest BCUT2D eigenvalue weighted by Gasteiger charge is 2.27. The van der Waals surface area contributed by atoms with Crippen molar-refractivity contribution < 1.29 is 24.6 Å². The van der Waals surface area contributed by atoms with Crippen LogP contribution in [0.15, 0.2) is 0 Å². The molecule has 0 radical (unpaired) electrons. The summed E-state index contributed by atoms with van der Waals surface area (Å²) in [6, 6.07) is -2.97. The van der Waals surface area contributed by atoms with E-state index in [1.807, 2.05) is 0 Å². The van der Waals surface area contributed by atoms with E-state index in [9.17, 15) is 14.4 Å². The van der Waals surface area contributed by atoms with Gasteiger partial charge in [-0.3, -0.25) is 4.79 Å². The van der Waals surface area contributed by atoms with Crippen LogP contribution in [0, 0.1) is 5.92 Å². The maximum absolute atomic E-state index is 11.8. The first-order valence-corrected chi connectivity index (χ1v) is 5.49. The van der Waals surface area contributed by atoms with Crippen molar-refractivity contribution in [2.75, 3.05) is 6.61 Å². The Kier molecular flexibility index (Phi) is 6.73. The number of aliphatic hydroxyl groups is 1. The highest BCUT2D eigenvalue weighted by molar-refractivity contribution is 5.89. The molecule has 2 atom stereocenters. The van der Waals surface area contributed by atoms with Crippen LogP contribution in [-0.2, 0) is 9.59 Å². The summed E-state index contributed by atoms with van der Waals surface area (Å²) in [7, 11) is 0. The summed E-state index contributed by atoms with van der Waals surface area (Å²) >= 11 is 0. The Bertz CT molecular complexity index is 319. The van der Waals surface area contributed by atoms with Gasteiger partial charge >= 0.3 is 12.0 Å². The first-order valence-electron chi connectivity index (χ1n) is 5.49. The Hall–Kier alpha value is -1.83. The molecule has 0 spiro atoms. The van der Waals surface area contributed by atoms with Gasteiger partial charge in [0.1, 0.15) is 12.1 Å². The Balaban J connectivity index is 4.66. The molecule has 6 N–H and O–H groups in total. The van der Waals surface area contributed by atoms with Crippen LogP contribution >= 0.6 is 0 Å². The molecule has 0 aromatic rings. The third-order valence-electron chi connectivity index (χ3n) is 2.28. The number of hydrogen-bond donors (Lipinski definition) is 5. The average molecular weight is 261 g/mol. The summed E-state index contributed by atoms with van der Waals surface area (Å²) in [5.41, 5.74) is 4.93. The molecule has 0 rings (SSSR count). The number of nitrogens with one attached hydrogen (secondary N) is 2. The first-order chi connectivity index (χ1) is 8.29. The molecule has 0 saturated heterocycles.